The molecule has 2 aliphatic heterocycles. The maximum atomic E-state index is 11.5. The van der Waals surface area contributed by atoms with E-state index in [0.29, 0.717) is 17.9 Å². The normalized spacial score (nSPS) is 28.9. The average Bonchev–Trinajstić information content (AvgIpc) is 2.79. The largest absolute Gasteiger partial charge is 0.300 e. The molecule has 2 unspecified atom stereocenters. The molecule has 0 spiro atoms. The fourth-order valence-corrected chi connectivity index (χ4v) is 3.29. The molecule has 1 aromatic heterocycles. The Balaban J connectivity index is 1.61. The van der Waals surface area contributed by atoms with E-state index >= 15 is 0 Å². The zero-order valence-corrected chi connectivity index (χ0v) is 10.3. The summed E-state index contributed by atoms with van der Waals surface area (Å²) in [5.74, 6) is 0.468. The zero-order valence-electron chi connectivity index (χ0n) is 10.3. The number of piperidine rings is 1. The Labute approximate surface area is 102 Å². The van der Waals surface area contributed by atoms with E-state index in [2.05, 4.69) is 16.2 Å². The highest BCUT2D eigenvalue weighted by atomic mass is 16.1. The SMILES string of the molecule is Cn1cc(CCN2C3CCC2CC(=O)C3)cn1. The maximum Gasteiger partial charge on any atom is 0.136 e. The first kappa shape index (κ1) is 11.0. The molecular formula is C13H19N3O. The summed E-state index contributed by atoms with van der Waals surface area (Å²) < 4.78 is 1.85. The van der Waals surface area contributed by atoms with Crippen LogP contribution in [0, 0.1) is 0 Å². The fourth-order valence-electron chi connectivity index (χ4n) is 3.29. The van der Waals surface area contributed by atoms with Crippen LogP contribution in [0.25, 0.3) is 0 Å². The first-order chi connectivity index (χ1) is 8.22. The summed E-state index contributed by atoms with van der Waals surface area (Å²) in [7, 11) is 1.95. The Morgan fingerprint density at radius 1 is 1.35 bits per heavy atom. The van der Waals surface area contributed by atoms with Crippen molar-refractivity contribution in [3.63, 3.8) is 0 Å². The molecule has 1 aromatic rings. The molecule has 17 heavy (non-hydrogen) atoms. The number of hydrogen-bond acceptors (Lipinski definition) is 3. The monoisotopic (exact) mass is 233 g/mol. The molecule has 2 aliphatic rings. The smallest absolute Gasteiger partial charge is 0.136 e. The number of Topliss-reactive ketones (excluding diaryl/α,β-unsaturated/α-hetero) is 1. The van der Waals surface area contributed by atoms with Gasteiger partial charge in [-0.25, -0.2) is 0 Å². The number of aromatic nitrogens is 2. The van der Waals surface area contributed by atoms with Crippen LogP contribution in [-0.4, -0.2) is 39.1 Å². The second-order valence-electron chi connectivity index (χ2n) is 5.34. The maximum absolute atomic E-state index is 11.5. The van der Waals surface area contributed by atoms with E-state index in [1.54, 1.807) is 0 Å². The number of carbonyl (C=O) groups is 1. The standard InChI is InChI=1S/C13H19N3O/c1-15-9-10(8-14-15)4-5-16-11-2-3-12(16)7-13(17)6-11/h8-9,11-12H,2-7H2,1H3. The Kier molecular flexibility index (Phi) is 2.74. The number of hydrogen-bond donors (Lipinski definition) is 0. The first-order valence-corrected chi connectivity index (χ1v) is 6.47. The molecule has 4 nitrogen and oxygen atoms in total. The number of ketones is 1. The van der Waals surface area contributed by atoms with Crippen LogP contribution in [0.3, 0.4) is 0 Å². The van der Waals surface area contributed by atoms with Crippen molar-refractivity contribution in [2.24, 2.45) is 7.05 Å². The van der Waals surface area contributed by atoms with Gasteiger partial charge < -0.3 is 0 Å². The Morgan fingerprint density at radius 2 is 2.06 bits per heavy atom. The predicted molar refractivity (Wildman–Crippen MR) is 64.7 cm³/mol. The molecule has 0 radical (unpaired) electrons. The summed E-state index contributed by atoms with van der Waals surface area (Å²) in [6.07, 6.45) is 9.06. The van der Waals surface area contributed by atoms with Gasteiger partial charge in [0, 0.05) is 44.7 Å². The summed E-state index contributed by atoms with van der Waals surface area (Å²) in [5.41, 5.74) is 1.30. The van der Waals surface area contributed by atoms with Gasteiger partial charge in [-0.05, 0) is 24.8 Å². The van der Waals surface area contributed by atoms with Gasteiger partial charge in [-0.1, -0.05) is 0 Å². The number of fused-ring (bicyclic) bond motifs is 2. The molecule has 0 aromatic carbocycles. The predicted octanol–water partition coefficient (Wildman–Crippen LogP) is 1.16. The first-order valence-electron chi connectivity index (χ1n) is 6.47. The molecule has 2 atom stereocenters. The lowest BCUT2D eigenvalue weighted by atomic mass is 10.0. The van der Waals surface area contributed by atoms with E-state index in [4.69, 9.17) is 0 Å². The van der Waals surface area contributed by atoms with E-state index in [0.717, 1.165) is 25.8 Å². The summed E-state index contributed by atoms with van der Waals surface area (Å²) in [5, 5.41) is 4.19. The molecule has 0 saturated carbocycles. The third-order valence-corrected chi connectivity index (χ3v) is 4.11. The van der Waals surface area contributed by atoms with Crippen LogP contribution in [0.5, 0.6) is 0 Å². The molecule has 0 amide bonds. The van der Waals surface area contributed by atoms with Gasteiger partial charge in [0.2, 0.25) is 0 Å². The molecule has 2 bridgehead atoms. The van der Waals surface area contributed by atoms with Crippen LogP contribution < -0.4 is 0 Å². The highest BCUT2D eigenvalue weighted by molar-refractivity contribution is 5.80. The highest BCUT2D eigenvalue weighted by Gasteiger charge is 2.39. The van der Waals surface area contributed by atoms with Crippen molar-refractivity contribution < 1.29 is 4.79 Å². The van der Waals surface area contributed by atoms with Crippen molar-refractivity contribution in [1.29, 1.82) is 0 Å². The number of rotatable bonds is 3. The van der Waals surface area contributed by atoms with Gasteiger partial charge >= 0.3 is 0 Å². The molecule has 0 aliphatic carbocycles. The minimum absolute atomic E-state index is 0.468. The summed E-state index contributed by atoms with van der Waals surface area (Å²) in [4.78, 5) is 14.1. The van der Waals surface area contributed by atoms with Gasteiger partial charge in [0.15, 0.2) is 0 Å². The van der Waals surface area contributed by atoms with Gasteiger partial charge in [0.25, 0.3) is 0 Å². The molecule has 2 fully saturated rings. The minimum atomic E-state index is 0.468. The highest BCUT2D eigenvalue weighted by Crippen LogP contribution is 2.33. The fraction of sp³-hybridized carbons (Fsp3) is 0.692. The summed E-state index contributed by atoms with van der Waals surface area (Å²) in [6, 6.07) is 1.05. The Hall–Kier alpha value is -1.16. The topological polar surface area (TPSA) is 38.1 Å². The van der Waals surface area contributed by atoms with Crippen LogP contribution in [0.15, 0.2) is 12.4 Å². The van der Waals surface area contributed by atoms with E-state index in [-0.39, 0.29) is 0 Å². The van der Waals surface area contributed by atoms with Gasteiger partial charge in [-0.15, -0.1) is 0 Å². The van der Waals surface area contributed by atoms with E-state index in [9.17, 15) is 4.79 Å². The van der Waals surface area contributed by atoms with E-state index < -0.39 is 0 Å². The van der Waals surface area contributed by atoms with Gasteiger partial charge in [0.1, 0.15) is 5.78 Å². The van der Waals surface area contributed by atoms with Gasteiger partial charge in [0.05, 0.1) is 6.20 Å². The molecule has 3 heterocycles. The third-order valence-electron chi connectivity index (χ3n) is 4.11. The van der Waals surface area contributed by atoms with Gasteiger partial charge in [-0.3, -0.25) is 14.4 Å². The molecular weight excluding hydrogens is 214 g/mol. The van der Waals surface area contributed by atoms with Crippen molar-refractivity contribution in [3.05, 3.63) is 18.0 Å². The molecule has 2 saturated heterocycles. The van der Waals surface area contributed by atoms with Crippen molar-refractivity contribution in [3.8, 4) is 0 Å². The van der Waals surface area contributed by atoms with Crippen LogP contribution in [0.1, 0.15) is 31.2 Å². The second kappa shape index (κ2) is 4.26. The number of carbonyl (C=O) groups excluding carboxylic acids is 1. The number of aryl methyl sites for hydroxylation is 1. The summed E-state index contributed by atoms with van der Waals surface area (Å²) in [6.45, 7) is 1.08. The Morgan fingerprint density at radius 3 is 2.65 bits per heavy atom. The zero-order chi connectivity index (χ0) is 11.8. The van der Waals surface area contributed by atoms with Crippen LogP contribution in [0.4, 0.5) is 0 Å². The molecule has 92 valence electrons. The van der Waals surface area contributed by atoms with E-state index in [1.807, 2.05) is 17.9 Å². The quantitative estimate of drug-likeness (QED) is 0.786. The van der Waals surface area contributed by atoms with Gasteiger partial charge in [-0.2, -0.15) is 5.10 Å². The lowest BCUT2D eigenvalue weighted by Gasteiger charge is -2.33. The summed E-state index contributed by atoms with van der Waals surface area (Å²) >= 11 is 0. The van der Waals surface area contributed by atoms with Crippen molar-refractivity contribution >= 4 is 5.78 Å². The third kappa shape index (κ3) is 2.14. The van der Waals surface area contributed by atoms with Crippen molar-refractivity contribution in [2.75, 3.05) is 6.54 Å². The van der Waals surface area contributed by atoms with Crippen molar-refractivity contribution in [1.82, 2.24) is 14.7 Å². The molecule has 3 rings (SSSR count). The lowest BCUT2D eigenvalue weighted by Crippen LogP contribution is -2.44. The van der Waals surface area contributed by atoms with Crippen LogP contribution in [-0.2, 0) is 18.3 Å². The van der Waals surface area contributed by atoms with Crippen LogP contribution in [0.2, 0.25) is 0 Å². The minimum Gasteiger partial charge on any atom is -0.300 e. The van der Waals surface area contributed by atoms with E-state index in [1.165, 1.54) is 18.4 Å². The number of nitrogens with zero attached hydrogens (tertiary/aromatic N) is 3. The average molecular weight is 233 g/mol. The second-order valence-corrected chi connectivity index (χ2v) is 5.34. The molecule has 0 N–H and O–H groups in total. The van der Waals surface area contributed by atoms with Crippen LogP contribution >= 0.6 is 0 Å². The lowest BCUT2D eigenvalue weighted by molar-refractivity contribution is -0.123. The Bertz CT molecular complexity index is 410. The van der Waals surface area contributed by atoms with Crippen molar-refractivity contribution in [2.45, 2.75) is 44.2 Å². The molecule has 4 heteroatoms.